The molecule has 228 valence electrons. The Balaban J connectivity index is 1.20. The SMILES string of the molecule is c1ccc(-c2ccc3c(c2)oc2c4ccccc4c(-c4nc(-c5ccc6oc7ccccc7c6c5)c5oc6ccccc6c5n4)cc32)cc1. The first-order valence-corrected chi connectivity index (χ1v) is 16.3. The van der Waals surface area contributed by atoms with E-state index in [-0.39, 0.29) is 0 Å². The Morgan fingerprint density at radius 3 is 1.86 bits per heavy atom. The summed E-state index contributed by atoms with van der Waals surface area (Å²) in [5, 5.41) is 7.15. The lowest BCUT2D eigenvalue weighted by Crippen LogP contribution is -1.95. The van der Waals surface area contributed by atoms with Gasteiger partial charge >= 0.3 is 0 Å². The van der Waals surface area contributed by atoms with Crippen molar-refractivity contribution in [1.29, 1.82) is 0 Å². The molecule has 11 aromatic rings. The summed E-state index contributed by atoms with van der Waals surface area (Å²) < 4.78 is 19.3. The molecule has 0 N–H and O–H groups in total. The van der Waals surface area contributed by atoms with Crippen molar-refractivity contribution in [1.82, 2.24) is 9.97 Å². The first-order valence-electron chi connectivity index (χ1n) is 16.3. The highest BCUT2D eigenvalue weighted by atomic mass is 16.3. The maximum Gasteiger partial charge on any atom is 0.180 e. The van der Waals surface area contributed by atoms with Crippen molar-refractivity contribution in [3.8, 4) is 33.8 Å². The fourth-order valence-electron chi connectivity index (χ4n) is 7.37. The molecule has 0 atom stereocenters. The number of fused-ring (bicyclic) bond motifs is 11. The van der Waals surface area contributed by atoms with Crippen LogP contribution in [0.25, 0.3) is 110 Å². The van der Waals surface area contributed by atoms with Gasteiger partial charge in [-0.2, -0.15) is 0 Å². The molecule has 0 radical (unpaired) electrons. The third-order valence-electron chi connectivity index (χ3n) is 9.70. The molecule has 5 heteroatoms. The van der Waals surface area contributed by atoms with E-state index in [2.05, 4.69) is 97.1 Å². The van der Waals surface area contributed by atoms with Gasteiger partial charge in [-0.15, -0.1) is 0 Å². The summed E-state index contributed by atoms with van der Waals surface area (Å²) in [6.45, 7) is 0. The lowest BCUT2D eigenvalue weighted by atomic mass is 9.98. The number of nitrogens with zero attached hydrogens (tertiary/aromatic N) is 2. The van der Waals surface area contributed by atoms with Crippen LogP contribution in [0.3, 0.4) is 0 Å². The molecule has 7 aromatic carbocycles. The largest absolute Gasteiger partial charge is 0.456 e. The van der Waals surface area contributed by atoms with Crippen molar-refractivity contribution in [2.45, 2.75) is 0 Å². The van der Waals surface area contributed by atoms with Gasteiger partial charge in [0.1, 0.15) is 39.1 Å². The molecule has 0 spiro atoms. The lowest BCUT2D eigenvalue weighted by Gasteiger charge is -2.10. The van der Waals surface area contributed by atoms with Crippen LogP contribution in [-0.2, 0) is 0 Å². The molecule has 0 amide bonds. The van der Waals surface area contributed by atoms with E-state index in [1.807, 2.05) is 48.5 Å². The molecule has 0 aliphatic rings. The van der Waals surface area contributed by atoms with Crippen molar-refractivity contribution < 1.29 is 13.3 Å². The number of aromatic nitrogens is 2. The van der Waals surface area contributed by atoms with Crippen LogP contribution >= 0.6 is 0 Å². The summed E-state index contributed by atoms with van der Waals surface area (Å²) in [6, 6.07) is 49.8. The predicted octanol–water partition coefficient (Wildman–Crippen LogP) is 12.3. The Hall–Kier alpha value is -6.72. The number of benzene rings is 7. The third-order valence-corrected chi connectivity index (χ3v) is 9.70. The zero-order valence-electron chi connectivity index (χ0n) is 26.0. The minimum absolute atomic E-state index is 0.625. The van der Waals surface area contributed by atoms with Crippen molar-refractivity contribution in [3.05, 3.63) is 146 Å². The van der Waals surface area contributed by atoms with Gasteiger partial charge in [0.25, 0.3) is 0 Å². The molecule has 4 heterocycles. The molecule has 0 saturated carbocycles. The highest BCUT2D eigenvalue weighted by molar-refractivity contribution is 6.19. The van der Waals surface area contributed by atoms with Crippen LogP contribution in [-0.4, -0.2) is 9.97 Å². The third kappa shape index (κ3) is 3.87. The highest BCUT2D eigenvalue weighted by Gasteiger charge is 2.22. The van der Waals surface area contributed by atoms with Gasteiger partial charge in [0.2, 0.25) is 0 Å². The average Bonchev–Trinajstić information content (AvgIpc) is 3.85. The Kier molecular flexibility index (Phi) is 5.32. The zero-order chi connectivity index (χ0) is 32.1. The molecule has 0 unspecified atom stereocenters. The summed E-state index contributed by atoms with van der Waals surface area (Å²) in [7, 11) is 0. The van der Waals surface area contributed by atoms with Gasteiger partial charge in [0.05, 0.1) is 0 Å². The van der Waals surface area contributed by atoms with Gasteiger partial charge in [-0.3, -0.25) is 0 Å². The van der Waals surface area contributed by atoms with Crippen molar-refractivity contribution in [2.75, 3.05) is 0 Å². The second-order valence-corrected chi connectivity index (χ2v) is 12.5. The number of rotatable bonds is 3. The van der Waals surface area contributed by atoms with E-state index in [0.717, 1.165) is 99.1 Å². The molecular formula is C44H24N2O3. The van der Waals surface area contributed by atoms with E-state index in [1.54, 1.807) is 0 Å². The standard InChI is InChI=1S/C44H24N2O3/c1-2-10-25(11-3-1)26-18-20-30-34-24-35(28-12-4-5-14-31(28)42(34)49-39(30)23-26)44-45-40(43-41(46-44)32-15-7-9-17-37(32)48-43)27-19-21-38-33(22-27)29-13-6-8-16-36(29)47-38/h1-24H. The van der Waals surface area contributed by atoms with Gasteiger partial charge in [0, 0.05) is 43.4 Å². The Morgan fingerprint density at radius 1 is 0.347 bits per heavy atom. The molecule has 0 bridgehead atoms. The topological polar surface area (TPSA) is 65.2 Å². The van der Waals surface area contributed by atoms with Gasteiger partial charge in [0.15, 0.2) is 11.4 Å². The van der Waals surface area contributed by atoms with Crippen LogP contribution in [0.15, 0.2) is 159 Å². The summed E-state index contributed by atoms with van der Waals surface area (Å²) in [6.07, 6.45) is 0. The minimum Gasteiger partial charge on any atom is -0.456 e. The first kappa shape index (κ1) is 26.4. The molecule has 49 heavy (non-hydrogen) atoms. The maximum atomic E-state index is 6.63. The zero-order valence-corrected chi connectivity index (χ0v) is 26.0. The van der Waals surface area contributed by atoms with Crippen LogP contribution in [0, 0.1) is 0 Å². The fraction of sp³-hybridized carbons (Fsp3) is 0. The molecule has 0 saturated heterocycles. The molecule has 11 rings (SSSR count). The maximum absolute atomic E-state index is 6.63. The van der Waals surface area contributed by atoms with E-state index < -0.39 is 0 Å². The first-order chi connectivity index (χ1) is 24.3. The van der Waals surface area contributed by atoms with E-state index in [0.29, 0.717) is 11.4 Å². The predicted molar refractivity (Wildman–Crippen MR) is 198 cm³/mol. The molecule has 4 aromatic heterocycles. The van der Waals surface area contributed by atoms with Crippen molar-refractivity contribution in [3.63, 3.8) is 0 Å². The smallest absolute Gasteiger partial charge is 0.180 e. The van der Waals surface area contributed by atoms with Gasteiger partial charge in [-0.05, 0) is 71.1 Å². The van der Waals surface area contributed by atoms with Crippen LogP contribution in [0.5, 0.6) is 0 Å². The quantitative estimate of drug-likeness (QED) is 0.195. The van der Waals surface area contributed by atoms with E-state index in [4.69, 9.17) is 23.2 Å². The molecule has 0 fully saturated rings. The number of para-hydroxylation sites is 2. The summed E-state index contributed by atoms with van der Waals surface area (Å²) in [4.78, 5) is 10.6. The van der Waals surface area contributed by atoms with Crippen LogP contribution in [0.4, 0.5) is 0 Å². The van der Waals surface area contributed by atoms with Gasteiger partial charge < -0.3 is 13.3 Å². The number of furan rings is 3. The van der Waals surface area contributed by atoms with Crippen molar-refractivity contribution >= 4 is 76.7 Å². The van der Waals surface area contributed by atoms with Gasteiger partial charge in [-0.25, -0.2) is 9.97 Å². The van der Waals surface area contributed by atoms with Crippen molar-refractivity contribution in [2.24, 2.45) is 0 Å². The molecule has 0 aliphatic heterocycles. The Bertz CT molecular complexity index is 3110. The monoisotopic (exact) mass is 628 g/mol. The Labute approximate surface area is 278 Å². The summed E-state index contributed by atoms with van der Waals surface area (Å²) in [5.41, 5.74) is 10.5. The molecule has 0 aliphatic carbocycles. The van der Waals surface area contributed by atoms with E-state index >= 15 is 0 Å². The second-order valence-electron chi connectivity index (χ2n) is 12.5. The summed E-state index contributed by atoms with van der Waals surface area (Å²) >= 11 is 0. The number of hydrogen-bond donors (Lipinski definition) is 0. The van der Waals surface area contributed by atoms with E-state index in [1.165, 1.54) is 0 Å². The summed E-state index contributed by atoms with van der Waals surface area (Å²) in [5.74, 6) is 0.625. The highest BCUT2D eigenvalue weighted by Crippen LogP contribution is 2.43. The normalized spacial score (nSPS) is 12.1. The van der Waals surface area contributed by atoms with Gasteiger partial charge in [-0.1, -0.05) is 91.0 Å². The minimum atomic E-state index is 0.625. The average molecular weight is 629 g/mol. The Morgan fingerprint density at radius 2 is 1.00 bits per heavy atom. The molecular weight excluding hydrogens is 604 g/mol. The van der Waals surface area contributed by atoms with Crippen LogP contribution < -0.4 is 0 Å². The fourth-order valence-corrected chi connectivity index (χ4v) is 7.37. The molecule has 5 nitrogen and oxygen atoms in total. The van der Waals surface area contributed by atoms with E-state index in [9.17, 15) is 0 Å². The lowest BCUT2D eigenvalue weighted by molar-refractivity contribution is 0.666. The second kappa shape index (κ2) is 9.89. The van der Waals surface area contributed by atoms with Crippen LogP contribution in [0.1, 0.15) is 0 Å². The number of hydrogen-bond acceptors (Lipinski definition) is 5. The van der Waals surface area contributed by atoms with Crippen LogP contribution in [0.2, 0.25) is 0 Å².